The minimum absolute atomic E-state index is 0.0420. The Morgan fingerprint density at radius 1 is 1.38 bits per heavy atom. The maximum Gasteiger partial charge on any atom is 0.147 e. The zero-order valence-corrected chi connectivity index (χ0v) is 8.99. The van der Waals surface area contributed by atoms with Gasteiger partial charge < -0.3 is 5.32 Å². The standard InChI is InChI=1S/C8H17NO3S/c1-3-5-9-7-8(10)4-6-13(2,11)12/h9H,3-7H2,1-2H3. The molecule has 4 nitrogen and oxygen atoms in total. The van der Waals surface area contributed by atoms with Crippen molar-refractivity contribution in [3.8, 4) is 0 Å². The maximum atomic E-state index is 11.0. The number of carbonyl (C=O) groups excluding carboxylic acids is 1. The Kier molecular flexibility index (Phi) is 5.90. The molecule has 0 saturated carbocycles. The van der Waals surface area contributed by atoms with Crippen molar-refractivity contribution in [3.05, 3.63) is 0 Å². The lowest BCUT2D eigenvalue weighted by molar-refractivity contribution is -0.117. The Bertz CT molecular complexity index is 246. The van der Waals surface area contributed by atoms with Gasteiger partial charge >= 0.3 is 0 Å². The summed E-state index contributed by atoms with van der Waals surface area (Å²) in [6, 6.07) is 0. The summed E-state index contributed by atoms with van der Waals surface area (Å²) in [6.45, 7) is 3.09. The van der Waals surface area contributed by atoms with Crippen LogP contribution in [-0.2, 0) is 14.6 Å². The zero-order chi connectivity index (χ0) is 10.3. The molecule has 0 aliphatic heterocycles. The second kappa shape index (κ2) is 6.10. The number of rotatable bonds is 7. The topological polar surface area (TPSA) is 63.2 Å². The molecule has 78 valence electrons. The van der Waals surface area contributed by atoms with Gasteiger partial charge in [0.1, 0.15) is 15.6 Å². The maximum absolute atomic E-state index is 11.0. The Hall–Kier alpha value is -0.420. The first kappa shape index (κ1) is 12.6. The van der Waals surface area contributed by atoms with Crippen LogP contribution in [0.3, 0.4) is 0 Å². The average molecular weight is 207 g/mol. The van der Waals surface area contributed by atoms with Crippen LogP contribution in [0.25, 0.3) is 0 Å². The summed E-state index contributed by atoms with van der Waals surface area (Å²) in [6.07, 6.45) is 2.23. The van der Waals surface area contributed by atoms with E-state index in [1.54, 1.807) is 0 Å². The van der Waals surface area contributed by atoms with E-state index < -0.39 is 9.84 Å². The SMILES string of the molecule is CCCNCC(=O)CCS(C)(=O)=O. The van der Waals surface area contributed by atoms with Crippen molar-refractivity contribution < 1.29 is 13.2 Å². The van der Waals surface area contributed by atoms with Crippen LogP contribution < -0.4 is 5.32 Å². The van der Waals surface area contributed by atoms with Crippen molar-refractivity contribution >= 4 is 15.6 Å². The molecule has 1 N–H and O–H groups in total. The second-order valence-electron chi connectivity index (χ2n) is 3.10. The molecule has 13 heavy (non-hydrogen) atoms. The molecule has 0 aliphatic carbocycles. The van der Waals surface area contributed by atoms with E-state index in [4.69, 9.17) is 0 Å². The van der Waals surface area contributed by atoms with Crippen molar-refractivity contribution in [3.63, 3.8) is 0 Å². The first-order chi connectivity index (χ1) is 5.95. The fourth-order valence-corrected chi connectivity index (χ4v) is 1.39. The van der Waals surface area contributed by atoms with Crippen LogP contribution in [0, 0.1) is 0 Å². The molecule has 0 aromatic rings. The Labute approximate surface area is 79.6 Å². The highest BCUT2D eigenvalue weighted by atomic mass is 32.2. The predicted molar refractivity (Wildman–Crippen MR) is 52.5 cm³/mol. The minimum Gasteiger partial charge on any atom is -0.310 e. The van der Waals surface area contributed by atoms with E-state index in [-0.39, 0.29) is 24.5 Å². The quantitative estimate of drug-likeness (QED) is 0.596. The van der Waals surface area contributed by atoms with Crippen LogP contribution in [0.1, 0.15) is 19.8 Å². The molecular weight excluding hydrogens is 190 g/mol. The molecule has 0 aromatic heterocycles. The van der Waals surface area contributed by atoms with Gasteiger partial charge in [-0.2, -0.15) is 0 Å². The lowest BCUT2D eigenvalue weighted by atomic mass is 10.3. The van der Waals surface area contributed by atoms with Crippen molar-refractivity contribution in [2.24, 2.45) is 0 Å². The molecular formula is C8H17NO3S. The third kappa shape index (κ3) is 9.49. The Morgan fingerprint density at radius 2 is 2.00 bits per heavy atom. The van der Waals surface area contributed by atoms with Gasteiger partial charge in [-0.15, -0.1) is 0 Å². The molecule has 0 spiro atoms. The van der Waals surface area contributed by atoms with Gasteiger partial charge in [-0.05, 0) is 13.0 Å². The summed E-state index contributed by atoms with van der Waals surface area (Å²) in [4.78, 5) is 11.0. The van der Waals surface area contributed by atoms with E-state index in [1.807, 2.05) is 6.92 Å². The molecule has 0 amide bonds. The number of hydrogen-bond acceptors (Lipinski definition) is 4. The number of Topliss-reactive ketones (excluding diaryl/α,β-unsaturated/α-hetero) is 1. The molecule has 0 fully saturated rings. The van der Waals surface area contributed by atoms with E-state index in [1.165, 1.54) is 0 Å². The highest BCUT2D eigenvalue weighted by molar-refractivity contribution is 7.90. The summed E-state index contributed by atoms with van der Waals surface area (Å²) < 4.78 is 21.4. The van der Waals surface area contributed by atoms with Crippen molar-refractivity contribution in [1.82, 2.24) is 5.32 Å². The zero-order valence-electron chi connectivity index (χ0n) is 8.17. The number of hydrogen-bond donors (Lipinski definition) is 1. The van der Waals surface area contributed by atoms with Gasteiger partial charge in [0.05, 0.1) is 12.3 Å². The molecule has 0 aromatic carbocycles. The molecule has 0 atom stereocenters. The fourth-order valence-electron chi connectivity index (χ4n) is 0.792. The van der Waals surface area contributed by atoms with E-state index in [0.717, 1.165) is 19.2 Å². The largest absolute Gasteiger partial charge is 0.310 e. The summed E-state index contributed by atoms with van der Waals surface area (Å²) in [5.74, 6) is -0.0847. The highest BCUT2D eigenvalue weighted by Gasteiger charge is 2.06. The Balaban J connectivity index is 3.53. The predicted octanol–water partition coefficient (Wildman–Crippen LogP) is -0.0102. The van der Waals surface area contributed by atoms with Crippen LogP contribution in [0.4, 0.5) is 0 Å². The first-order valence-corrected chi connectivity index (χ1v) is 6.42. The van der Waals surface area contributed by atoms with Gasteiger partial charge in [0, 0.05) is 12.7 Å². The van der Waals surface area contributed by atoms with Gasteiger partial charge in [-0.1, -0.05) is 6.92 Å². The summed E-state index contributed by atoms with van der Waals surface area (Å²) in [5, 5.41) is 2.93. The van der Waals surface area contributed by atoms with Crippen LogP contribution in [0.15, 0.2) is 0 Å². The molecule has 5 heteroatoms. The number of carbonyl (C=O) groups is 1. The fraction of sp³-hybridized carbons (Fsp3) is 0.875. The lowest BCUT2D eigenvalue weighted by Crippen LogP contribution is -2.25. The van der Waals surface area contributed by atoms with Gasteiger partial charge in [0.2, 0.25) is 0 Å². The Morgan fingerprint density at radius 3 is 2.46 bits per heavy atom. The summed E-state index contributed by atoms with van der Waals surface area (Å²) in [5.41, 5.74) is 0. The lowest BCUT2D eigenvalue weighted by Gasteiger charge is -2.01. The molecule has 0 saturated heterocycles. The van der Waals surface area contributed by atoms with Crippen LogP contribution in [0.5, 0.6) is 0 Å². The van der Waals surface area contributed by atoms with E-state index in [9.17, 15) is 13.2 Å². The second-order valence-corrected chi connectivity index (χ2v) is 5.36. The third-order valence-electron chi connectivity index (χ3n) is 1.50. The molecule has 0 radical (unpaired) electrons. The molecule has 0 heterocycles. The van der Waals surface area contributed by atoms with Gasteiger partial charge in [0.15, 0.2) is 0 Å². The molecule has 0 bridgehead atoms. The third-order valence-corrected chi connectivity index (χ3v) is 2.45. The van der Waals surface area contributed by atoms with E-state index in [2.05, 4.69) is 5.32 Å². The first-order valence-electron chi connectivity index (χ1n) is 4.36. The van der Waals surface area contributed by atoms with Gasteiger partial charge in [-0.25, -0.2) is 8.42 Å². The van der Waals surface area contributed by atoms with Gasteiger partial charge in [0.25, 0.3) is 0 Å². The van der Waals surface area contributed by atoms with Crippen molar-refractivity contribution in [2.75, 3.05) is 25.1 Å². The molecule has 0 unspecified atom stereocenters. The van der Waals surface area contributed by atoms with E-state index >= 15 is 0 Å². The van der Waals surface area contributed by atoms with Crippen LogP contribution in [0.2, 0.25) is 0 Å². The van der Waals surface area contributed by atoms with Crippen LogP contribution >= 0.6 is 0 Å². The van der Waals surface area contributed by atoms with Crippen molar-refractivity contribution in [1.29, 1.82) is 0 Å². The van der Waals surface area contributed by atoms with E-state index in [0.29, 0.717) is 0 Å². The number of ketones is 1. The monoisotopic (exact) mass is 207 g/mol. The smallest absolute Gasteiger partial charge is 0.147 e. The van der Waals surface area contributed by atoms with Gasteiger partial charge in [-0.3, -0.25) is 4.79 Å². The number of nitrogens with one attached hydrogen (secondary N) is 1. The highest BCUT2D eigenvalue weighted by Crippen LogP contribution is 1.89. The molecule has 0 aliphatic rings. The molecule has 0 rings (SSSR count). The average Bonchev–Trinajstić information content (AvgIpc) is 2.00. The van der Waals surface area contributed by atoms with Crippen molar-refractivity contribution in [2.45, 2.75) is 19.8 Å². The minimum atomic E-state index is -3.00. The number of sulfone groups is 1. The summed E-state index contributed by atoms with van der Waals surface area (Å²) in [7, 11) is -3.00. The normalized spacial score (nSPS) is 11.5. The van der Waals surface area contributed by atoms with Crippen LogP contribution in [-0.4, -0.2) is 39.3 Å². The summed E-state index contributed by atoms with van der Waals surface area (Å²) >= 11 is 0.